The van der Waals surface area contributed by atoms with Crippen LogP contribution >= 0.6 is 7.82 Å². The van der Waals surface area contributed by atoms with E-state index in [1.807, 2.05) is 18.2 Å². The third-order valence-electron chi connectivity index (χ3n) is 4.86. The SMILES string of the molecule is CC(C)CCCCCCCCCc1ccc(OP(=O)(O)Oc2ccccc2)cc1. The maximum absolute atomic E-state index is 12.1. The van der Waals surface area contributed by atoms with Gasteiger partial charge in [-0.3, -0.25) is 4.89 Å². The number of hydrogen-bond acceptors (Lipinski definition) is 3. The highest BCUT2D eigenvalue weighted by Gasteiger charge is 2.24. The molecule has 2 aromatic carbocycles. The van der Waals surface area contributed by atoms with Gasteiger partial charge in [-0.05, 0) is 48.6 Å². The highest BCUT2D eigenvalue weighted by molar-refractivity contribution is 7.48. The fourth-order valence-electron chi connectivity index (χ4n) is 3.25. The fourth-order valence-corrected chi connectivity index (χ4v) is 4.06. The lowest BCUT2D eigenvalue weighted by Crippen LogP contribution is -1.99. The van der Waals surface area contributed by atoms with Crippen LogP contribution in [-0.4, -0.2) is 4.89 Å². The first kappa shape index (κ1) is 23.5. The van der Waals surface area contributed by atoms with E-state index < -0.39 is 7.82 Å². The van der Waals surface area contributed by atoms with Crippen molar-refractivity contribution >= 4 is 7.82 Å². The summed E-state index contributed by atoms with van der Waals surface area (Å²) in [5, 5.41) is 0. The quantitative estimate of drug-likeness (QED) is 0.254. The maximum atomic E-state index is 12.1. The van der Waals surface area contributed by atoms with Gasteiger partial charge in [0, 0.05) is 0 Å². The zero-order chi connectivity index (χ0) is 21.0. The second-order valence-electron chi connectivity index (χ2n) is 8.02. The Balaban J connectivity index is 1.62. The van der Waals surface area contributed by atoms with Crippen LogP contribution in [0.25, 0.3) is 0 Å². The summed E-state index contributed by atoms with van der Waals surface area (Å²) in [6.07, 6.45) is 11.5. The van der Waals surface area contributed by atoms with Gasteiger partial charge >= 0.3 is 7.82 Å². The van der Waals surface area contributed by atoms with Crippen LogP contribution in [0.15, 0.2) is 54.6 Å². The van der Waals surface area contributed by atoms with Crippen LogP contribution in [0.1, 0.15) is 70.8 Å². The maximum Gasteiger partial charge on any atom is 0.584 e. The van der Waals surface area contributed by atoms with Crippen LogP contribution in [0.3, 0.4) is 0 Å². The lowest BCUT2D eigenvalue weighted by Gasteiger charge is -2.14. The monoisotopic (exact) mass is 418 g/mol. The topological polar surface area (TPSA) is 55.8 Å². The molecule has 4 nitrogen and oxygen atoms in total. The van der Waals surface area contributed by atoms with Crippen LogP contribution in [0, 0.1) is 5.92 Å². The Bertz CT molecular complexity index is 728. The molecule has 0 radical (unpaired) electrons. The Hall–Kier alpha value is -1.77. The third kappa shape index (κ3) is 10.5. The molecule has 0 aliphatic heterocycles. The van der Waals surface area contributed by atoms with E-state index in [2.05, 4.69) is 13.8 Å². The summed E-state index contributed by atoms with van der Waals surface area (Å²) < 4.78 is 22.3. The minimum absolute atomic E-state index is 0.301. The molecular formula is C24H35O4P. The Morgan fingerprint density at radius 3 is 1.86 bits per heavy atom. The van der Waals surface area contributed by atoms with Gasteiger partial charge in [-0.25, -0.2) is 4.57 Å². The number of para-hydroxylation sites is 1. The van der Waals surface area contributed by atoms with Gasteiger partial charge in [-0.15, -0.1) is 0 Å². The summed E-state index contributed by atoms with van der Waals surface area (Å²) in [6.45, 7) is 4.58. The molecule has 2 rings (SSSR count). The number of phosphoric ester groups is 1. The number of phosphoric acid groups is 1. The van der Waals surface area contributed by atoms with Crippen molar-refractivity contribution in [2.45, 2.75) is 71.6 Å². The van der Waals surface area contributed by atoms with Crippen LogP contribution in [0.4, 0.5) is 0 Å². The molecule has 0 fully saturated rings. The second-order valence-corrected chi connectivity index (χ2v) is 9.32. The minimum atomic E-state index is -4.20. The van der Waals surface area contributed by atoms with E-state index in [9.17, 15) is 9.46 Å². The number of aryl methyl sites for hydroxylation is 1. The molecule has 0 amide bonds. The molecule has 0 saturated heterocycles. The van der Waals surface area contributed by atoms with Gasteiger partial charge < -0.3 is 9.05 Å². The molecule has 5 heteroatoms. The van der Waals surface area contributed by atoms with Gasteiger partial charge in [-0.1, -0.05) is 89.1 Å². The normalized spacial score (nSPS) is 13.2. The molecule has 0 aromatic heterocycles. The molecule has 29 heavy (non-hydrogen) atoms. The van der Waals surface area contributed by atoms with E-state index in [1.54, 1.807) is 36.4 Å². The molecule has 1 atom stereocenters. The van der Waals surface area contributed by atoms with Crippen LogP contribution in [0.5, 0.6) is 11.5 Å². The van der Waals surface area contributed by atoms with Crippen molar-refractivity contribution in [3.05, 3.63) is 60.2 Å². The summed E-state index contributed by atoms with van der Waals surface area (Å²) >= 11 is 0. The Morgan fingerprint density at radius 2 is 1.28 bits per heavy atom. The Kier molecular flexibility index (Phi) is 10.3. The first-order chi connectivity index (χ1) is 13.9. The average Bonchev–Trinajstić information content (AvgIpc) is 2.68. The van der Waals surface area contributed by atoms with Crippen molar-refractivity contribution in [3.63, 3.8) is 0 Å². The Morgan fingerprint density at radius 1 is 0.759 bits per heavy atom. The summed E-state index contributed by atoms with van der Waals surface area (Å²) in [5.74, 6) is 1.46. The number of hydrogen-bond donors (Lipinski definition) is 1. The lowest BCUT2D eigenvalue weighted by atomic mass is 10.0. The number of benzene rings is 2. The van der Waals surface area contributed by atoms with Crippen molar-refractivity contribution in [1.82, 2.24) is 0 Å². The van der Waals surface area contributed by atoms with E-state index in [-0.39, 0.29) is 0 Å². The molecule has 0 heterocycles. The third-order valence-corrected chi connectivity index (χ3v) is 5.74. The molecule has 0 spiro atoms. The summed E-state index contributed by atoms with van der Waals surface area (Å²) in [4.78, 5) is 9.91. The van der Waals surface area contributed by atoms with E-state index in [0.717, 1.165) is 12.3 Å². The summed E-state index contributed by atoms with van der Waals surface area (Å²) in [6, 6.07) is 15.8. The molecule has 0 aliphatic carbocycles. The molecule has 160 valence electrons. The lowest BCUT2D eigenvalue weighted by molar-refractivity contribution is 0.291. The minimum Gasteiger partial charge on any atom is -0.395 e. The summed E-state index contributed by atoms with van der Waals surface area (Å²) in [7, 11) is -4.20. The van der Waals surface area contributed by atoms with Gasteiger partial charge in [0.15, 0.2) is 0 Å². The molecule has 1 N–H and O–H groups in total. The van der Waals surface area contributed by atoms with Crippen molar-refractivity contribution in [1.29, 1.82) is 0 Å². The van der Waals surface area contributed by atoms with Gasteiger partial charge in [0.1, 0.15) is 11.5 Å². The molecule has 1 unspecified atom stereocenters. The first-order valence-electron chi connectivity index (χ1n) is 10.8. The largest absolute Gasteiger partial charge is 0.584 e. The van der Waals surface area contributed by atoms with Gasteiger partial charge in [0.05, 0.1) is 0 Å². The molecule has 2 aromatic rings. The smallest absolute Gasteiger partial charge is 0.395 e. The number of unbranched alkanes of at least 4 members (excludes halogenated alkanes) is 6. The predicted octanol–water partition coefficient (Wildman–Crippen LogP) is 7.56. The molecule has 0 saturated carbocycles. The van der Waals surface area contributed by atoms with Gasteiger partial charge in [-0.2, -0.15) is 0 Å². The van der Waals surface area contributed by atoms with Crippen molar-refractivity contribution < 1.29 is 18.5 Å². The van der Waals surface area contributed by atoms with Gasteiger partial charge in [0.2, 0.25) is 0 Å². The van der Waals surface area contributed by atoms with E-state index in [4.69, 9.17) is 9.05 Å². The van der Waals surface area contributed by atoms with Crippen molar-refractivity contribution in [2.24, 2.45) is 5.92 Å². The van der Waals surface area contributed by atoms with Crippen molar-refractivity contribution in [3.8, 4) is 11.5 Å². The van der Waals surface area contributed by atoms with E-state index in [0.29, 0.717) is 11.5 Å². The average molecular weight is 419 g/mol. The standard InChI is InChI=1S/C24H35O4P/c1-21(2)13-9-6-4-3-5-7-10-14-22-17-19-24(20-18-22)28-29(25,26)27-23-15-11-8-12-16-23/h8,11-12,15-21H,3-7,9-10,13-14H2,1-2H3,(H,25,26). The number of rotatable bonds is 14. The van der Waals surface area contributed by atoms with E-state index in [1.165, 1.54) is 56.9 Å². The predicted molar refractivity (Wildman–Crippen MR) is 119 cm³/mol. The van der Waals surface area contributed by atoms with Crippen molar-refractivity contribution in [2.75, 3.05) is 0 Å². The summed E-state index contributed by atoms with van der Waals surface area (Å²) in [5.41, 5.74) is 1.21. The second kappa shape index (κ2) is 12.7. The highest BCUT2D eigenvalue weighted by Crippen LogP contribution is 2.44. The van der Waals surface area contributed by atoms with Gasteiger partial charge in [0.25, 0.3) is 0 Å². The first-order valence-corrected chi connectivity index (χ1v) is 12.3. The highest BCUT2D eigenvalue weighted by atomic mass is 31.2. The van der Waals surface area contributed by atoms with Crippen LogP contribution in [-0.2, 0) is 11.0 Å². The Labute approximate surface area is 175 Å². The molecule has 0 bridgehead atoms. The fraction of sp³-hybridized carbons (Fsp3) is 0.500. The molecule has 0 aliphatic rings. The van der Waals surface area contributed by atoms with Crippen LogP contribution < -0.4 is 9.05 Å². The zero-order valence-electron chi connectivity index (χ0n) is 17.8. The van der Waals surface area contributed by atoms with E-state index >= 15 is 0 Å². The van der Waals surface area contributed by atoms with Crippen LogP contribution in [0.2, 0.25) is 0 Å². The molecular weight excluding hydrogens is 383 g/mol. The zero-order valence-corrected chi connectivity index (χ0v) is 18.7.